The van der Waals surface area contributed by atoms with Crippen LogP contribution in [0.5, 0.6) is 0 Å². The summed E-state index contributed by atoms with van der Waals surface area (Å²) in [6, 6.07) is 4.54. The van der Waals surface area contributed by atoms with Crippen molar-refractivity contribution in [3.05, 3.63) is 35.9 Å². The zero-order chi connectivity index (χ0) is 23.0. The van der Waals surface area contributed by atoms with Gasteiger partial charge in [0.1, 0.15) is 18.1 Å². The molecule has 3 aliphatic heterocycles. The number of β-lactam (4-membered cyclic amide) rings is 1. The molecule has 1 aromatic rings. The van der Waals surface area contributed by atoms with Gasteiger partial charge in [-0.2, -0.15) is 0 Å². The summed E-state index contributed by atoms with van der Waals surface area (Å²) in [7, 11) is 0. The molecule has 3 fully saturated rings. The van der Waals surface area contributed by atoms with Gasteiger partial charge in [0.15, 0.2) is 5.78 Å². The predicted octanol–water partition coefficient (Wildman–Crippen LogP) is -1.20. The molecule has 11 nitrogen and oxygen atoms in total. The first-order chi connectivity index (χ1) is 15.3. The molecule has 2 unspecified atom stereocenters. The average molecular weight is 441 g/mol. The first kappa shape index (κ1) is 21.5. The van der Waals surface area contributed by atoms with E-state index in [1.807, 2.05) is 0 Å². The van der Waals surface area contributed by atoms with E-state index < -0.39 is 41.9 Å². The van der Waals surface area contributed by atoms with Crippen molar-refractivity contribution in [3.8, 4) is 0 Å². The SMILES string of the molecule is CCN1CCN(C(=O)NC(C(=O)NC2C(=O)N3CCC(=O)[C@H]23)c2ccccc2)C(=O)C1=O. The van der Waals surface area contributed by atoms with Crippen molar-refractivity contribution in [1.82, 2.24) is 25.3 Å². The van der Waals surface area contributed by atoms with E-state index in [4.69, 9.17) is 0 Å². The summed E-state index contributed by atoms with van der Waals surface area (Å²) in [6.07, 6.45) is 0.251. The van der Waals surface area contributed by atoms with Gasteiger partial charge in [0.25, 0.3) is 0 Å². The van der Waals surface area contributed by atoms with Crippen molar-refractivity contribution in [2.75, 3.05) is 26.2 Å². The molecular formula is C21H23N5O6. The lowest BCUT2D eigenvalue weighted by Crippen LogP contribution is -2.70. The fraction of sp³-hybridized carbons (Fsp3) is 0.429. The van der Waals surface area contributed by atoms with E-state index in [2.05, 4.69) is 10.6 Å². The van der Waals surface area contributed by atoms with E-state index in [0.29, 0.717) is 18.7 Å². The Hall–Kier alpha value is -3.76. The number of imide groups is 1. The van der Waals surface area contributed by atoms with E-state index in [0.717, 1.165) is 4.90 Å². The number of ketones is 1. The number of hydrogen-bond donors (Lipinski definition) is 2. The van der Waals surface area contributed by atoms with Gasteiger partial charge in [0, 0.05) is 32.6 Å². The fourth-order valence-corrected chi connectivity index (χ4v) is 4.23. The molecule has 0 aromatic heterocycles. The lowest BCUT2D eigenvalue weighted by molar-refractivity contribution is -0.154. The molecule has 168 valence electrons. The smallest absolute Gasteiger partial charge is 0.325 e. The van der Waals surface area contributed by atoms with Gasteiger partial charge in [0.05, 0.1) is 0 Å². The highest BCUT2D eigenvalue weighted by atomic mass is 16.2. The maximum Gasteiger partial charge on any atom is 0.325 e. The summed E-state index contributed by atoms with van der Waals surface area (Å²) in [5.74, 6) is -2.90. The van der Waals surface area contributed by atoms with Crippen LogP contribution < -0.4 is 10.6 Å². The summed E-state index contributed by atoms with van der Waals surface area (Å²) >= 11 is 0. The third-order valence-corrected chi connectivity index (χ3v) is 6.03. The Labute approximate surface area is 183 Å². The van der Waals surface area contributed by atoms with Crippen LogP contribution in [0.15, 0.2) is 30.3 Å². The summed E-state index contributed by atoms with van der Waals surface area (Å²) in [5, 5.41) is 5.07. The summed E-state index contributed by atoms with van der Waals surface area (Å²) < 4.78 is 0. The molecule has 0 bridgehead atoms. The molecule has 11 heteroatoms. The van der Waals surface area contributed by atoms with Crippen LogP contribution in [0.25, 0.3) is 0 Å². The number of urea groups is 1. The van der Waals surface area contributed by atoms with Crippen LogP contribution in [0.3, 0.4) is 0 Å². The molecule has 0 radical (unpaired) electrons. The topological polar surface area (TPSA) is 136 Å². The number of nitrogens with zero attached hydrogens (tertiary/aromatic N) is 3. The molecule has 3 saturated heterocycles. The molecule has 1 aromatic carbocycles. The highest BCUT2D eigenvalue weighted by Gasteiger charge is 2.55. The lowest BCUT2D eigenvalue weighted by Gasteiger charge is -2.42. The Morgan fingerprint density at radius 3 is 2.44 bits per heavy atom. The maximum atomic E-state index is 13.1. The van der Waals surface area contributed by atoms with Gasteiger partial charge in [0.2, 0.25) is 11.8 Å². The van der Waals surface area contributed by atoms with E-state index in [1.54, 1.807) is 37.3 Å². The minimum atomic E-state index is -1.23. The first-order valence-electron chi connectivity index (χ1n) is 10.4. The number of likely N-dealkylation sites (N-methyl/N-ethyl adjacent to an activating group) is 1. The molecule has 0 spiro atoms. The van der Waals surface area contributed by atoms with Gasteiger partial charge in [-0.1, -0.05) is 30.3 Å². The largest absolute Gasteiger partial charge is 0.340 e. The molecule has 3 aliphatic rings. The van der Waals surface area contributed by atoms with Crippen LogP contribution >= 0.6 is 0 Å². The third-order valence-electron chi connectivity index (χ3n) is 6.03. The van der Waals surface area contributed by atoms with Crippen molar-refractivity contribution in [1.29, 1.82) is 0 Å². The predicted molar refractivity (Wildman–Crippen MR) is 109 cm³/mol. The Kier molecular flexibility index (Phi) is 5.64. The van der Waals surface area contributed by atoms with Gasteiger partial charge >= 0.3 is 17.8 Å². The zero-order valence-electron chi connectivity index (χ0n) is 17.4. The quantitative estimate of drug-likeness (QED) is 0.435. The highest BCUT2D eigenvalue weighted by Crippen LogP contribution is 2.28. The highest BCUT2D eigenvalue weighted by molar-refractivity contribution is 6.38. The standard InChI is InChI=1S/C21H23N5O6/c1-2-24-10-11-26(20(31)19(24)30)21(32)23-14(12-6-4-3-5-7-12)17(28)22-15-16-13(27)8-9-25(16)18(15)29/h3-7,14-16H,2,8-11H2,1H3,(H,22,28)(H,23,32)/t14?,15?,16-/m1/s1. The van der Waals surface area contributed by atoms with Crippen molar-refractivity contribution >= 4 is 35.4 Å². The van der Waals surface area contributed by atoms with Gasteiger partial charge < -0.3 is 20.4 Å². The number of carbonyl (C=O) groups excluding carboxylic acids is 6. The molecular weight excluding hydrogens is 418 g/mol. The zero-order valence-corrected chi connectivity index (χ0v) is 17.4. The normalized spacial score (nSPS) is 23.6. The van der Waals surface area contributed by atoms with Crippen LogP contribution in [0, 0.1) is 0 Å². The van der Waals surface area contributed by atoms with Crippen LogP contribution in [0.2, 0.25) is 0 Å². The van der Waals surface area contributed by atoms with E-state index >= 15 is 0 Å². The third kappa shape index (κ3) is 3.59. The van der Waals surface area contributed by atoms with Crippen molar-refractivity contribution in [2.24, 2.45) is 0 Å². The number of fused-ring (bicyclic) bond motifs is 1. The van der Waals surface area contributed by atoms with E-state index in [1.165, 1.54) is 9.80 Å². The van der Waals surface area contributed by atoms with E-state index in [-0.39, 0.29) is 31.2 Å². The second-order valence-corrected chi connectivity index (χ2v) is 7.81. The Bertz CT molecular complexity index is 996. The second-order valence-electron chi connectivity index (χ2n) is 7.81. The van der Waals surface area contributed by atoms with Gasteiger partial charge in [-0.15, -0.1) is 0 Å². The number of amides is 6. The summed E-state index contributed by atoms with van der Waals surface area (Å²) in [6.45, 7) is 2.62. The number of Topliss-reactive ketones (excluding diaryl/α,β-unsaturated/α-hetero) is 1. The Morgan fingerprint density at radius 1 is 1.03 bits per heavy atom. The molecule has 2 N–H and O–H groups in total. The van der Waals surface area contributed by atoms with Crippen LogP contribution in [-0.2, 0) is 24.0 Å². The number of benzene rings is 1. The number of rotatable bonds is 5. The Morgan fingerprint density at radius 2 is 1.75 bits per heavy atom. The van der Waals surface area contributed by atoms with Crippen molar-refractivity contribution < 1.29 is 28.8 Å². The first-order valence-corrected chi connectivity index (χ1v) is 10.4. The molecule has 0 saturated carbocycles. The maximum absolute atomic E-state index is 13.1. The number of hydrogen-bond acceptors (Lipinski definition) is 6. The minimum absolute atomic E-state index is 0.0000220. The molecule has 3 atom stereocenters. The number of nitrogens with one attached hydrogen (secondary N) is 2. The van der Waals surface area contributed by atoms with Gasteiger partial charge in [-0.05, 0) is 12.5 Å². The van der Waals surface area contributed by atoms with Crippen LogP contribution in [0.1, 0.15) is 24.9 Å². The second kappa shape index (κ2) is 8.40. The molecule has 0 aliphatic carbocycles. The van der Waals surface area contributed by atoms with Gasteiger partial charge in [-0.3, -0.25) is 28.9 Å². The van der Waals surface area contributed by atoms with Crippen molar-refractivity contribution in [3.63, 3.8) is 0 Å². The average Bonchev–Trinajstić information content (AvgIpc) is 3.14. The fourth-order valence-electron chi connectivity index (χ4n) is 4.23. The number of carbonyl (C=O) groups is 6. The molecule has 32 heavy (non-hydrogen) atoms. The van der Waals surface area contributed by atoms with Crippen LogP contribution in [-0.4, -0.2) is 88.4 Å². The van der Waals surface area contributed by atoms with Crippen molar-refractivity contribution in [2.45, 2.75) is 31.5 Å². The van der Waals surface area contributed by atoms with E-state index in [9.17, 15) is 28.8 Å². The minimum Gasteiger partial charge on any atom is -0.340 e. The Balaban J connectivity index is 1.50. The lowest BCUT2D eigenvalue weighted by atomic mass is 9.94. The monoisotopic (exact) mass is 441 g/mol. The summed E-state index contributed by atoms with van der Waals surface area (Å²) in [5.41, 5.74) is 0.422. The molecule has 3 heterocycles. The summed E-state index contributed by atoms with van der Waals surface area (Å²) in [4.78, 5) is 78.2. The van der Waals surface area contributed by atoms with Crippen LogP contribution in [0.4, 0.5) is 4.79 Å². The van der Waals surface area contributed by atoms with Gasteiger partial charge in [-0.25, -0.2) is 4.79 Å². The molecule has 6 amide bonds. The number of piperazine rings is 1. The molecule has 4 rings (SSSR count).